The van der Waals surface area contributed by atoms with E-state index in [0.717, 1.165) is 22.3 Å². The van der Waals surface area contributed by atoms with Crippen LogP contribution >= 0.6 is 0 Å². The van der Waals surface area contributed by atoms with E-state index in [2.05, 4.69) is 5.32 Å². The molecule has 8 heteroatoms. The van der Waals surface area contributed by atoms with E-state index in [9.17, 15) is 9.59 Å². The number of fused-ring (bicyclic) bond motifs is 1. The van der Waals surface area contributed by atoms with Crippen LogP contribution in [0.4, 0.5) is 0 Å². The maximum atomic E-state index is 11.5. The van der Waals surface area contributed by atoms with Crippen molar-refractivity contribution in [3.8, 4) is 5.75 Å². The summed E-state index contributed by atoms with van der Waals surface area (Å²) >= 11 is 0. The summed E-state index contributed by atoms with van der Waals surface area (Å²) in [5.41, 5.74) is 7.11. The molecule has 1 atom stereocenters. The van der Waals surface area contributed by atoms with Crippen molar-refractivity contribution in [3.63, 3.8) is 0 Å². The Balaban J connectivity index is 1.84. The van der Waals surface area contributed by atoms with Gasteiger partial charge in [-0.2, -0.15) is 0 Å². The van der Waals surface area contributed by atoms with Crippen molar-refractivity contribution in [2.24, 2.45) is 5.73 Å². The first-order valence-electron chi connectivity index (χ1n) is 9.38. The third kappa shape index (κ3) is 6.95. The Morgan fingerprint density at radius 3 is 2.71 bits per heavy atom. The van der Waals surface area contributed by atoms with Crippen molar-refractivity contribution in [2.75, 3.05) is 39.6 Å². The Labute approximate surface area is 164 Å². The molecular formula is C20H28N2O6. The van der Waals surface area contributed by atoms with Gasteiger partial charge in [-0.25, -0.2) is 0 Å². The maximum Gasteiger partial charge on any atom is 0.226 e. The molecule has 8 nitrogen and oxygen atoms in total. The predicted octanol–water partition coefficient (Wildman–Crippen LogP) is 1.96. The molecule has 1 aromatic heterocycles. The second-order valence-corrected chi connectivity index (χ2v) is 6.34. The topological polar surface area (TPSA) is 113 Å². The highest BCUT2D eigenvalue weighted by atomic mass is 16.5. The van der Waals surface area contributed by atoms with E-state index in [1.54, 1.807) is 6.26 Å². The molecule has 0 fully saturated rings. The van der Waals surface area contributed by atoms with E-state index >= 15 is 0 Å². The second kappa shape index (κ2) is 12.1. The molecule has 0 spiro atoms. The summed E-state index contributed by atoms with van der Waals surface area (Å²) in [6.45, 7) is 4.97. The van der Waals surface area contributed by atoms with Gasteiger partial charge in [-0.05, 0) is 30.5 Å². The number of benzene rings is 1. The number of ether oxygens (including phenoxy) is 3. The Hall–Kier alpha value is -2.42. The van der Waals surface area contributed by atoms with Crippen LogP contribution in [0.15, 0.2) is 28.9 Å². The average molecular weight is 392 g/mol. The summed E-state index contributed by atoms with van der Waals surface area (Å²) in [5.74, 6) is 0.543. The van der Waals surface area contributed by atoms with Gasteiger partial charge < -0.3 is 24.4 Å². The van der Waals surface area contributed by atoms with Gasteiger partial charge >= 0.3 is 0 Å². The van der Waals surface area contributed by atoms with E-state index in [4.69, 9.17) is 24.4 Å². The van der Waals surface area contributed by atoms with E-state index in [0.29, 0.717) is 52.4 Å². The van der Waals surface area contributed by atoms with E-state index in [1.807, 2.05) is 25.1 Å². The summed E-state index contributed by atoms with van der Waals surface area (Å²) in [6.07, 6.45) is 3.00. The van der Waals surface area contributed by atoms with Gasteiger partial charge in [0.05, 0.1) is 32.7 Å². The summed E-state index contributed by atoms with van der Waals surface area (Å²) in [7, 11) is 0. The molecule has 1 unspecified atom stereocenters. The largest absolute Gasteiger partial charge is 0.491 e. The van der Waals surface area contributed by atoms with E-state index in [-0.39, 0.29) is 18.2 Å². The molecule has 2 rings (SSSR count). The minimum atomic E-state index is -0.285. The molecule has 3 N–H and O–H groups in total. The first kappa shape index (κ1) is 21.9. The lowest BCUT2D eigenvalue weighted by Gasteiger charge is -2.10. The summed E-state index contributed by atoms with van der Waals surface area (Å²) < 4.78 is 22.0. The van der Waals surface area contributed by atoms with Crippen molar-refractivity contribution in [1.29, 1.82) is 0 Å². The molecule has 0 aliphatic carbocycles. The lowest BCUT2D eigenvalue weighted by Crippen LogP contribution is -2.21. The van der Waals surface area contributed by atoms with Crippen LogP contribution in [0.3, 0.4) is 0 Å². The standard InChI is InChI=1S/C20H28N2O6/c1-15(2-5-20(24)22-14-23)18-13-28-19-4-3-16(12-17(18)19)27-11-10-26-9-8-25-7-6-21/h3-4,12-15H,2,5-11,21H2,1H3,(H,22,23,24). The zero-order valence-electron chi connectivity index (χ0n) is 16.1. The molecule has 0 radical (unpaired) electrons. The van der Waals surface area contributed by atoms with E-state index in [1.165, 1.54) is 0 Å². The number of hydrogen-bond acceptors (Lipinski definition) is 7. The third-order valence-electron chi connectivity index (χ3n) is 4.26. The normalized spacial score (nSPS) is 12.1. The first-order valence-corrected chi connectivity index (χ1v) is 9.38. The van der Waals surface area contributed by atoms with Gasteiger partial charge in [0.25, 0.3) is 0 Å². The molecule has 154 valence electrons. The molecule has 0 bridgehead atoms. The van der Waals surface area contributed by atoms with Crippen LogP contribution < -0.4 is 15.8 Å². The van der Waals surface area contributed by atoms with Gasteiger partial charge in [0.15, 0.2) is 0 Å². The summed E-state index contributed by atoms with van der Waals surface area (Å²) in [6, 6.07) is 5.64. The third-order valence-corrected chi connectivity index (χ3v) is 4.26. The van der Waals surface area contributed by atoms with Crippen molar-refractivity contribution in [1.82, 2.24) is 5.32 Å². The smallest absolute Gasteiger partial charge is 0.226 e. The van der Waals surface area contributed by atoms with Gasteiger partial charge in [0.1, 0.15) is 17.9 Å². The van der Waals surface area contributed by atoms with Crippen LogP contribution in [0.1, 0.15) is 31.2 Å². The Bertz CT molecular complexity index is 745. The fourth-order valence-corrected chi connectivity index (χ4v) is 2.76. The number of nitrogens with two attached hydrogens (primary N) is 1. The van der Waals surface area contributed by atoms with Crippen LogP contribution in [0.2, 0.25) is 0 Å². The molecule has 28 heavy (non-hydrogen) atoms. The number of carbonyl (C=O) groups is 2. The van der Waals surface area contributed by atoms with Crippen molar-refractivity contribution >= 4 is 23.3 Å². The first-order chi connectivity index (χ1) is 13.7. The number of rotatable bonds is 14. The number of nitrogens with one attached hydrogen (secondary N) is 1. The number of imide groups is 1. The number of carbonyl (C=O) groups excluding carboxylic acids is 2. The lowest BCUT2D eigenvalue weighted by molar-refractivity contribution is -0.125. The molecule has 1 aromatic carbocycles. The van der Waals surface area contributed by atoms with Crippen molar-refractivity contribution in [2.45, 2.75) is 25.7 Å². The predicted molar refractivity (Wildman–Crippen MR) is 104 cm³/mol. The Kier molecular flexibility index (Phi) is 9.47. The minimum Gasteiger partial charge on any atom is -0.491 e. The van der Waals surface area contributed by atoms with Crippen LogP contribution in [0.25, 0.3) is 11.0 Å². The molecule has 0 saturated heterocycles. The number of furan rings is 1. The quantitative estimate of drug-likeness (QED) is 0.373. The molecule has 0 aliphatic heterocycles. The minimum absolute atomic E-state index is 0.103. The summed E-state index contributed by atoms with van der Waals surface area (Å²) in [4.78, 5) is 21.8. The molecular weight excluding hydrogens is 364 g/mol. The molecule has 2 aromatic rings. The fraction of sp³-hybridized carbons (Fsp3) is 0.500. The fourth-order valence-electron chi connectivity index (χ4n) is 2.76. The Morgan fingerprint density at radius 2 is 1.96 bits per heavy atom. The van der Waals surface area contributed by atoms with E-state index < -0.39 is 0 Å². The van der Waals surface area contributed by atoms with Crippen molar-refractivity contribution in [3.05, 3.63) is 30.0 Å². The zero-order valence-corrected chi connectivity index (χ0v) is 16.1. The number of hydrogen-bond donors (Lipinski definition) is 2. The Morgan fingerprint density at radius 1 is 1.21 bits per heavy atom. The monoisotopic (exact) mass is 392 g/mol. The van der Waals surface area contributed by atoms with Gasteiger partial charge in [-0.15, -0.1) is 0 Å². The molecule has 0 saturated carbocycles. The van der Waals surface area contributed by atoms with Crippen LogP contribution in [-0.4, -0.2) is 51.9 Å². The highest BCUT2D eigenvalue weighted by molar-refractivity contribution is 5.86. The molecule has 1 heterocycles. The van der Waals surface area contributed by atoms with Gasteiger partial charge in [0.2, 0.25) is 12.3 Å². The lowest BCUT2D eigenvalue weighted by atomic mass is 9.95. The summed E-state index contributed by atoms with van der Waals surface area (Å²) in [5, 5.41) is 3.11. The highest BCUT2D eigenvalue weighted by Gasteiger charge is 2.15. The average Bonchev–Trinajstić information content (AvgIpc) is 3.12. The zero-order chi connectivity index (χ0) is 20.2. The van der Waals surface area contributed by atoms with Crippen LogP contribution in [0, 0.1) is 0 Å². The van der Waals surface area contributed by atoms with Crippen molar-refractivity contribution < 1.29 is 28.2 Å². The highest BCUT2D eigenvalue weighted by Crippen LogP contribution is 2.32. The second-order valence-electron chi connectivity index (χ2n) is 6.34. The van der Waals surface area contributed by atoms with Gasteiger partial charge in [-0.3, -0.25) is 14.9 Å². The number of amides is 2. The van der Waals surface area contributed by atoms with Crippen LogP contribution in [0.5, 0.6) is 5.75 Å². The van der Waals surface area contributed by atoms with Gasteiger partial charge in [0, 0.05) is 23.9 Å². The van der Waals surface area contributed by atoms with Crippen LogP contribution in [-0.2, 0) is 19.1 Å². The molecule has 2 amide bonds. The molecule has 0 aliphatic rings. The van der Waals surface area contributed by atoms with Gasteiger partial charge in [-0.1, -0.05) is 6.92 Å². The maximum absolute atomic E-state index is 11.5. The SMILES string of the molecule is CC(CCC(=O)NC=O)c1coc2ccc(OCCOCCOCCN)cc12.